The summed E-state index contributed by atoms with van der Waals surface area (Å²) >= 11 is 1.71. The normalized spacial score (nSPS) is 17.2. The van der Waals surface area contributed by atoms with Crippen LogP contribution in [0.2, 0.25) is 0 Å². The molecule has 0 aromatic carbocycles. The second kappa shape index (κ2) is 9.64. The molecular formula is C22H38N4O3S. The predicted octanol–water partition coefficient (Wildman–Crippen LogP) is 3.63. The van der Waals surface area contributed by atoms with Crippen LogP contribution in [0.4, 0.5) is 4.79 Å². The molecule has 0 aliphatic carbocycles. The van der Waals surface area contributed by atoms with Crippen molar-refractivity contribution in [1.29, 1.82) is 0 Å². The molecule has 0 saturated carbocycles. The average molecular weight is 439 g/mol. The molecule has 7 nitrogen and oxygen atoms in total. The first kappa shape index (κ1) is 24.6. The molecule has 2 rings (SSSR count). The Kier molecular flexibility index (Phi) is 7.91. The van der Waals surface area contributed by atoms with Gasteiger partial charge >= 0.3 is 6.09 Å². The van der Waals surface area contributed by atoms with Gasteiger partial charge in [0.2, 0.25) is 5.91 Å². The molecule has 0 bridgehead atoms. The van der Waals surface area contributed by atoms with Crippen LogP contribution in [-0.4, -0.2) is 64.6 Å². The van der Waals surface area contributed by atoms with Gasteiger partial charge in [0.15, 0.2) is 0 Å². The van der Waals surface area contributed by atoms with Gasteiger partial charge in [-0.05, 0) is 26.7 Å². The van der Waals surface area contributed by atoms with Gasteiger partial charge in [-0.3, -0.25) is 9.69 Å². The van der Waals surface area contributed by atoms with E-state index in [1.165, 1.54) is 0 Å². The highest BCUT2D eigenvalue weighted by Crippen LogP contribution is 2.26. The molecule has 1 saturated heterocycles. The Morgan fingerprint density at radius 2 is 1.73 bits per heavy atom. The van der Waals surface area contributed by atoms with E-state index in [4.69, 9.17) is 9.72 Å². The number of nitrogens with zero attached hydrogens (tertiary/aromatic N) is 3. The van der Waals surface area contributed by atoms with Gasteiger partial charge < -0.3 is 15.0 Å². The van der Waals surface area contributed by atoms with E-state index in [0.717, 1.165) is 30.3 Å². The summed E-state index contributed by atoms with van der Waals surface area (Å²) in [5, 5.41) is 6.05. The number of ether oxygens (including phenoxy) is 1. The molecule has 1 aliphatic heterocycles. The monoisotopic (exact) mass is 438 g/mol. The number of hydrogen-bond donors (Lipinski definition) is 1. The molecule has 1 N–H and O–H groups in total. The van der Waals surface area contributed by atoms with Crippen molar-refractivity contribution in [3.05, 3.63) is 16.1 Å². The maximum absolute atomic E-state index is 13.0. The first-order valence-electron chi connectivity index (χ1n) is 10.7. The van der Waals surface area contributed by atoms with E-state index >= 15 is 0 Å². The van der Waals surface area contributed by atoms with Crippen LogP contribution in [0.5, 0.6) is 0 Å². The summed E-state index contributed by atoms with van der Waals surface area (Å²) in [6, 6.07) is -0.584. The first-order valence-corrected chi connectivity index (χ1v) is 11.6. The minimum absolute atomic E-state index is 0.0196. The van der Waals surface area contributed by atoms with Crippen molar-refractivity contribution >= 4 is 23.3 Å². The Hall–Kier alpha value is -1.67. The van der Waals surface area contributed by atoms with Gasteiger partial charge in [0.25, 0.3) is 0 Å². The maximum atomic E-state index is 13.0. The number of piperazine rings is 1. The molecule has 170 valence electrons. The number of rotatable bonds is 5. The summed E-state index contributed by atoms with van der Waals surface area (Å²) in [6.07, 6.45) is -0.550. The number of hydrogen-bond acceptors (Lipinski definition) is 6. The molecule has 1 aliphatic rings. The van der Waals surface area contributed by atoms with Crippen molar-refractivity contribution in [2.45, 2.75) is 79.0 Å². The van der Waals surface area contributed by atoms with E-state index in [2.05, 4.69) is 36.4 Å². The smallest absolute Gasteiger partial charge is 0.408 e. The van der Waals surface area contributed by atoms with Gasteiger partial charge in [-0.15, -0.1) is 11.3 Å². The quantitative estimate of drug-likeness (QED) is 0.760. The number of nitrogens with one attached hydrogen (secondary N) is 1. The summed E-state index contributed by atoms with van der Waals surface area (Å²) in [5.74, 6) is -0.0620. The minimum Gasteiger partial charge on any atom is -0.444 e. The molecule has 2 amide bonds. The number of thiazole rings is 1. The highest BCUT2D eigenvalue weighted by Gasteiger charge is 2.32. The number of carbonyl (C=O) groups excluding carboxylic acids is 2. The van der Waals surface area contributed by atoms with Crippen molar-refractivity contribution in [2.24, 2.45) is 5.92 Å². The Labute approximate surface area is 185 Å². The topological polar surface area (TPSA) is 74.8 Å². The van der Waals surface area contributed by atoms with Gasteiger partial charge in [-0.2, -0.15) is 0 Å². The number of amides is 2. The Bertz CT molecular complexity index is 725. The fourth-order valence-electron chi connectivity index (χ4n) is 3.22. The van der Waals surface area contributed by atoms with Gasteiger partial charge in [0.1, 0.15) is 11.6 Å². The van der Waals surface area contributed by atoms with E-state index < -0.39 is 17.7 Å². The number of alkyl carbamates (subject to hydrolysis) is 1. The lowest BCUT2D eigenvalue weighted by atomic mass is 9.98. The van der Waals surface area contributed by atoms with E-state index in [1.54, 1.807) is 11.3 Å². The lowest BCUT2D eigenvalue weighted by Crippen LogP contribution is -2.56. The summed E-state index contributed by atoms with van der Waals surface area (Å²) in [5.41, 5.74) is 0.570. The van der Waals surface area contributed by atoms with Crippen molar-refractivity contribution in [2.75, 3.05) is 26.2 Å². The Morgan fingerprint density at radius 3 is 2.20 bits per heavy atom. The number of aromatic nitrogens is 1. The van der Waals surface area contributed by atoms with Gasteiger partial charge in [0.05, 0.1) is 10.7 Å². The van der Waals surface area contributed by atoms with E-state index in [0.29, 0.717) is 13.1 Å². The zero-order valence-electron chi connectivity index (χ0n) is 19.7. The maximum Gasteiger partial charge on any atom is 0.408 e. The average Bonchev–Trinajstić information content (AvgIpc) is 3.07. The first-order chi connectivity index (χ1) is 13.8. The van der Waals surface area contributed by atoms with E-state index in [1.807, 2.05) is 39.5 Å². The fourth-order valence-corrected chi connectivity index (χ4v) is 4.12. The molecule has 2 heterocycles. The largest absolute Gasteiger partial charge is 0.444 e. The van der Waals surface area contributed by atoms with Crippen LogP contribution in [0, 0.1) is 5.92 Å². The zero-order chi connectivity index (χ0) is 22.7. The molecule has 1 aromatic heterocycles. The predicted molar refractivity (Wildman–Crippen MR) is 121 cm³/mol. The molecule has 0 spiro atoms. The van der Waals surface area contributed by atoms with Crippen molar-refractivity contribution < 1.29 is 14.3 Å². The van der Waals surface area contributed by atoms with Crippen LogP contribution in [-0.2, 0) is 21.5 Å². The lowest BCUT2D eigenvalue weighted by molar-refractivity contribution is -0.136. The molecule has 1 fully saturated rings. The van der Waals surface area contributed by atoms with Crippen LogP contribution in [0.3, 0.4) is 0 Å². The highest BCUT2D eigenvalue weighted by molar-refractivity contribution is 7.09. The third-order valence-electron chi connectivity index (χ3n) is 4.87. The molecule has 30 heavy (non-hydrogen) atoms. The Morgan fingerprint density at radius 1 is 1.13 bits per heavy atom. The third-order valence-corrected chi connectivity index (χ3v) is 6.18. The van der Waals surface area contributed by atoms with Crippen molar-refractivity contribution in [1.82, 2.24) is 20.1 Å². The molecule has 0 radical (unpaired) electrons. The summed E-state index contributed by atoms with van der Waals surface area (Å²) in [7, 11) is 0. The minimum atomic E-state index is -0.594. The van der Waals surface area contributed by atoms with Crippen LogP contribution in [0.15, 0.2) is 5.38 Å². The standard InChI is InChI=1S/C22H38N4O3S/c1-15(2)17(24-20(28)29-22(6,7)8)18(27)26-11-9-25(10-12-26)13-16-14-30-19(23-16)21(3,4)5/h14-15,17H,9-13H2,1-8H3,(H,24,28). The summed E-state index contributed by atoms with van der Waals surface area (Å²) < 4.78 is 5.33. The molecule has 1 aromatic rings. The second-order valence-corrected chi connectivity index (χ2v) is 11.2. The van der Waals surface area contributed by atoms with Crippen LogP contribution < -0.4 is 5.32 Å². The Balaban J connectivity index is 1.89. The second-order valence-electron chi connectivity index (χ2n) is 10.4. The third kappa shape index (κ3) is 7.23. The van der Waals surface area contributed by atoms with Gasteiger partial charge in [-0.1, -0.05) is 34.6 Å². The van der Waals surface area contributed by atoms with Crippen molar-refractivity contribution in [3.8, 4) is 0 Å². The summed E-state index contributed by atoms with van der Waals surface area (Å²) in [4.78, 5) is 34.2. The fraction of sp³-hybridized carbons (Fsp3) is 0.773. The van der Waals surface area contributed by atoms with Crippen molar-refractivity contribution in [3.63, 3.8) is 0 Å². The molecule has 8 heteroatoms. The SMILES string of the molecule is CC(C)C(NC(=O)OC(C)(C)C)C(=O)N1CCN(Cc2csc(C(C)(C)C)n2)CC1. The van der Waals surface area contributed by atoms with Gasteiger partial charge in [-0.25, -0.2) is 9.78 Å². The molecule has 1 unspecified atom stereocenters. The van der Waals surface area contributed by atoms with E-state index in [9.17, 15) is 9.59 Å². The van der Waals surface area contributed by atoms with Gasteiger partial charge in [0, 0.05) is 43.5 Å². The molecule has 1 atom stereocenters. The van der Waals surface area contributed by atoms with E-state index in [-0.39, 0.29) is 17.2 Å². The number of carbonyl (C=O) groups is 2. The van der Waals surface area contributed by atoms with Crippen LogP contribution in [0.25, 0.3) is 0 Å². The summed E-state index contributed by atoms with van der Waals surface area (Å²) in [6.45, 7) is 19.5. The zero-order valence-corrected chi connectivity index (χ0v) is 20.6. The van der Waals surface area contributed by atoms with Crippen LogP contribution >= 0.6 is 11.3 Å². The van der Waals surface area contributed by atoms with Crippen LogP contribution in [0.1, 0.15) is 66.1 Å². The molecular weight excluding hydrogens is 400 g/mol. The highest BCUT2D eigenvalue weighted by atomic mass is 32.1. The lowest BCUT2D eigenvalue weighted by Gasteiger charge is -2.37.